The molecule has 0 N–H and O–H groups in total. The number of anilines is 6. The first-order valence-corrected chi connectivity index (χ1v) is 18.1. The molecule has 1 aliphatic rings. The first-order chi connectivity index (χ1) is 25.8. The molecule has 2 heteroatoms. The van der Waals surface area contributed by atoms with Crippen molar-refractivity contribution in [3.8, 4) is 22.3 Å². The van der Waals surface area contributed by atoms with E-state index in [9.17, 15) is 0 Å². The fraction of sp³-hybridized carbons (Fsp3) is 0.0400. The van der Waals surface area contributed by atoms with Crippen molar-refractivity contribution < 1.29 is 0 Å². The molecule has 0 saturated heterocycles. The van der Waals surface area contributed by atoms with Crippen molar-refractivity contribution in [3.05, 3.63) is 211 Å². The van der Waals surface area contributed by atoms with Crippen LogP contribution in [0.4, 0.5) is 34.1 Å². The highest BCUT2D eigenvalue weighted by atomic mass is 15.1. The van der Waals surface area contributed by atoms with Crippen molar-refractivity contribution in [1.29, 1.82) is 0 Å². The summed E-state index contributed by atoms with van der Waals surface area (Å²) in [5, 5.41) is 2.47. The smallest absolute Gasteiger partial charge is 0.0468 e. The molecular formula is C50H38N2. The first-order valence-electron chi connectivity index (χ1n) is 18.1. The number of fused-ring (bicyclic) bond motifs is 2. The van der Waals surface area contributed by atoms with E-state index < -0.39 is 0 Å². The summed E-state index contributed by atoms with van der Waals surface area (Å²) in [6.45, 7) is 0. The SMILES string of the molecule is C1=Cc2ccc(N(c3ccccc3)c3ccc(-c4ccc(-c5ccc(N(c6ccccc6)c6ccc7ccccc7c6)cc5)cc4)cc3)cc2CC1. The summed E-state index contributed by atoms with van der Waals surface area (Å²) < 4.78 is 0. The molecule has 0 aromatic heterocycles. The molecule has 0 spiro atoms. The lowest BCUT2D eigenvalue weighted by Crippen LogP contribution is -2.10. The normalized spacial score (nSPS) is 12.0. The first kappa shape index (κ1) is 31.3. The van der Waals surface area contributed by atoms with Gasteiger partial charge >= 0.3 is 0 Å². The molecular weight excluding hydrogens is 629 g/mol. The van der Waals surface area contributed by atoms with E-state index in [0.717, 1.165) is 41.3 Å². The molecule has 52 heavy (non-hydrogen) atoms. The van der Waals surface area contributed by atoms with E-state index in [2.05, 4.69) is 216 Å². The standard InChI is InChI=1S/C50H38N2/c1-3-15-45(16-4-1)51(49-33-27-37-11-7-9-13-43(37)35-49)47-29-23-41(24-30-47)39-19-21-40(22-20-39)42-25-31-48(32-26-42)52(46-17-5-2-6-18-46)50-34-28-38-12-8-10-14-44(38)36-50/h1-9,11-13,15-36H,10,14H2. The number of aryl methyl sites for hydroxylation is 1. The van der Waals surface area contributed by atoms with Crippen LogP contribution in [-0.4, -0.2) is 0 Å². The molecule has 0 unspecified atom stereocenters. The van der Waals surface area contributed by atoms with Crippen LogP contribution in [0.15, 0.2) is 200 Å². The Kier molecular flexibility index (Phi) is 8.40. The predicted octanol–water partition coefficient (Wildman–Crippen LogP) is 14.1. The number of benzene rings is 8. The van der Waals surface area contributed by atoms with Crippen LogP contribution in [0.2, 0.25) is 0 Å². The summed E-state index contributed by atoms with van der Waals surface area (Å²) in [5.41, 5.74) is 14.4. The van der Waals surface area contributed by atoms with Crippen molar-refractivity contribution in [2.24, 2.45) is 0 Å². The average molecular weight is 667 g/mol. The maximum Gasteiger partial charge on any atom is 0.0468 e. The Morgan fingerprint density at radius 1 is 0.327 bits per heavy atom. The van der Waals surface area contributed by atoms with Gasteiger partial charge in [-0.3, -0.25) is 0 Å². The summed E-state index contributed by atoms with van der Waals surface area (Å²) >= 11 is 0. The van der Waals surface area contributed by atoms with E-state index in [1.54, 1.807) is 0 Å². The molecule has 8 aromatic rings. The minimum Gasteiger partial charge on any atom is -0.310 e. The number of hydrogen-bond donors (Lipinski definition) is 0. The van der Waals surface area contributed by atoms with Crippen LogP contribution >= 0.6 is 0 Å². The Bertz CT molecular complexity index is 2480. The Morgan fingerprint density at radius 3 is 1.31 bits per heavy atom. The molecule has 9 rings (SSSR count). The summed E-state index contributed by atoms with van der Waals surface area (Å²) in [4.78, 5) is 4.68. The van der Waals surface area contributed by atoms with Crippen molar-refractivity contribution >= 4 is 51.0 Å². The molecule has 0 radical (unpaired) electrons. The maximum absolute atomic E-state index is 2.36. The summed E-state index contributed by atoms with van der Waals surface area (Å²) in [6.07, 6.45) is 6.70. The monoisotopic (exact) mass is 666 g/mol. The van der Waals surface area contributed by atoms with Crippen LogP contribution < -0.4 is 9.80 Å². The second-order valence-electron chi connectivity index (χ2n) is 13.4. The number of para-hydroxylation sites is 2. The van der Waals surface area contributed by atoms with Gasteiger partial charge in [0, 0.05) is 34.1 Å². The fourth-order valence-corrected chi connectivity index (χ4v) is 7.38. The fourth-order valence-electron chi connectivity index (χ4n) is 7.38. The summed E-state index contributed by atoms with van der Waals surface area (Å²) in [7, 11) is 0. The molecule has 2 nitrogen and oxygen atoms in total. The van der Waals surface area contributed by atoms with E-state index >= 15 is 0 Å². The maximum atomic E-state index is 2.36. The van der Waals surface area contributed by atoms with E-state index in [4.69, 9.17) is 0 Å². The van der Waals surface area contributed by atoms with E-state index in [0.29, 0.717) is 0 Å². The zero-order chi connectivity index (χ0) is 34.7. The molecule has 0 fully saturated rings. The van der Waals surface area contributed by atoms with E-state index in [1.165, 1.54) is 49.8 Å². The number of rotatable bonds is 8. The molecule has 0 aliphatic heterocycles. The quantitative estimate of drug-likeness (QED) is 0.159. The van der Waals surface area contributed by atoms with Gasteiger partial charge in [0.1, 0.15) is 0 Å². The lowest BCUT2D eigenvalue weighted by atomic mass is 9.96. The van der Waals surface area contributed by atoms with Crippen LogP contribution in [-0.2, 0) is 6.42 Å². The third kappa shape index (κ3) is 6.27. The molecule has 8 aromatic carbocycles. The van der Waals surface area contributed by atoms with Gasteiger partial charge in [0.25, 0.3) is 0 Å². The molecule has 0 saturated carbocycles. The highest BCUT2D eigenvalue weighted by Gasteiger charge is 2.16. The van der Waals surface area contributed by atoms with Gasteiger partial charge < -0.3 is 9.80 Å². The predicted molar refractivity (Wildman–Crippen MR) is 222 cm³/mol. The zero-order valence-corrected chi connectivity index (χ0v) is 28.9. The topological polar surface area (TPSA) is 6.48 Å². The van der Waals surface area contributed by atoms with Gasteiger partial charge in [-0.1, -0.05) is 133 Å². The van der Waals surface area contributed by atoms with Crippen molar-refractivity contribution in [2.75, 3.05) is 9.80 Å². The number of hydrogen-bond acceptors (Lipinski definition) is 2. The summed E-state index contributed by atoms with van der Waals surface area (Å²) in [6, 6.07) is 70.1. The minimum absolute atomic E-state index is 1.08. The lowest BCUT2D eigenvalue weighted by Gasteiger charge is -2.27. The van der Waals surface area contributed by atoms with Gasteiger partial charge in [-0.05, 0) is 130 Å². The van der Waals surface area contributed by atoms with Gasteiger partial charge in [0.15, 0.2) is 0 Å². The third-order valence-electron chi connectivity index (χ3n) is 10.1. The lowest BCUT2D eigenvalue weighted by molar-refractivity contribution is 0.984. The summed E-state index contributed by atoms with van der Waals surface area (Å²) in [5.74, 6) is 0. The third-order valence-corrected chi connectivity index (χ3v) is 10.1. The van der Waals surface area contributed by atoms with Gasteiger partial charge in [-0.2, -0.15) is 0 Å². The highest BCUT2D eigenvalue weighted by molar-refractivity contribution is 5.89. The van der Waals surface area contributed by atoms with Gasteiger partial charge in [-0.25, -0.2) is 0 Å². The Hall–Kier alpha value is -6.64. The average Bonchev–Trinajstić information content (AvgIpc) is 3.22. The Labute approximate surface area is 306 Å². The Morgan fingerprint density at radius 2 is 0.750 bits per heavy atom. The Balaban J connectivity index is 0.974. The minimum atomic E-state index is 1.08. The van der Waals surface area contributed by atoms with Crippen LogP contribution in [0.3, 0.4) is 0 Å². The second-order valence-corrected chi connectivity index (χ2v) is 13.4. The second kappa shape index (κ2) is 13.9. The van der Waals surface area contributed by atoms with Crippen LogP contribution in [0.1, 0.15) is 17.5 Å². The van der Waals surface area contributed by atoms with Crippen LogP contribution in [0, 0.1) is 0 Å². The van der Waals surface area contributed by atoms with Crippen LogP contribution in [0.25, 0.3) is 39.1 Å². The van der Waals surface area contributed by atoms with Gasteiger partial charge in [0.05, 0.1) is 0 Å². The van der Waals surface area contributed by atoms with Crippen LogP contribution in [0.5, 0.6) is 0 Å². The van der Waals surface area contributed by atoms with Crippen molar-refractivity contribution in [2.45, 2.75) is 12.8 Å². The molecule has 0 amide bonds. The van der Waals surface area contributed by atoms with E-state index in [-0.39, 0.29) is 0 Å². The van der Waals surface area contributed by atoms with Gasteiger partial charge in [-0.15, -0.1) is 0 Å². The largest absolute Gasteiger partial charge is 0.310 e. The van der Waals surface area contributed by atoms with Crippen molar-refractivity contribution in [3.63, 3.8) is 0 Å². The van der Waals surface area contributed by atoms with Crippen molar-refractivity contribution in [1.82, 2.24) is 0 Å². The van der Waals surface area contributed by atoms with E-state index in [1.807, 2.05) is 0 Å². The number of nitrogens with zero attached hydrogens (tertiary/aromatic N) is 2. The molecule has 0 heterocycles. The number of allylic oxidation sites excluding steroid dienone is 1. The molecule has 1 aliphatic carbocycles. The highest BCUT2D eigenvalue weighted by Crippen LogP contribution is 2.39. The molecule has 0 bridgehead atoms. The van der Waals surface area contributed by atoms with Gasteiger partial charge in [0.2, 0.25) is 0 Å². The zero-order valence-electron chi connectivity index (χ0n) is 28.9. The molecule has 248 valence electrons. The molecule has 0 atom stereocenters.